The molecule has 0 spiro atoms. The van der Waals surface area contributed by atoms with Gasteiger partial charge in [0, 0.05) is 0 Å². The summed E-state index contributed by atoms with van der Waals surface area (Å²) in [5, 5.41) is 9.43. The smallest absolute Gasteiger partial charge is 0.0565 e. The Morgan fingerprint density at radius 2 is 1.60 bits per heavy atom. The molecule has 0 bridgehead atoms. The van der Waals surface area contributed by atoms with Crippen LogP contribution >= 0.6 is 0 Å². The molecule has 1 nitrogen and oxygen atoms in total. The highest BCUT2D eigenvalue weighted by molar-refractivity contribution is 4.67. The Kier molecular flexibility index (Phi) is 4.71. The van der Waals surface area contributed by atoms with Gasteiger partial charge >= 0.3 is 0 Å². The minimum Gasteiger partial charge on any atom is -0.393 e. The molecule has 0 aromatic rings. The van der Waals surface area contributed by atoms with E-state index < -0.39 is 0 Å². The van der Waals surface area contributed by atoms with Gasteiger partial charge in [0.25, 0.3) is 0 Å². The predicted molar refractivity (Wildman–Crippen MR) is 44.9 cm³/mol. The van der Waals surface area contributed by atoms with Crippen molar-refractivity contribution in [3.8, 4) is 0 Å². The van der Waals surface area contributed by atoms with Crippen LogP contribution in [-0.2, 0) is 0 Å². The summed E-state index contributed by atoms with van der Waals surface area (Å²) in [6.45, 7) is 8.53. The third-order valence-electron chi connectivity index (χ3n) is 2.57. The number of hydrogen-bond donors (Lipinski definition) is 1. The molecule has 0 fully saturated rings. The molecular formula is C9H20O. The van der Waals surface area contributed by atoms with Crippen LogP contribution in [0.1, 0.15) is 40.5 Å². The zero-order valence-electron chi connectivity index (χ0n) is 7.59. The molecule has 0 aliphatic heterocycles. The molecule has 0 aromatic carbocycles. The van der Waals surface area contributed by atoms with E-state index in [4.69, 9.17) is 0 Å². The first kappa shape index (κ1) is 9.96. The van der Waals surface area contributed by atoms with Gasteiger partial charge in [0.2, 0.25) is 0 Å². The van der Waals surface area contributed by atoms with Crippen molar-refractivity contribution in [1.29, 1.82) is 0 Å². The lowest BCUT2D eigenvalue weighted by molar-refractivity contribution is 0.0827. The van der Waals surface area contributed by atoms with Gasteiger partial charge in [0.05, 0.1) is 6.10 Å². The summed E-state index contributed by atoms with van der Waals surface area (Å²) in [7, 11) is 0. The first-order valence-electron chi connectivity index (χ1n) is 4.31. The van der Waals surface area contributed by atoms with Gasteiger partial charge < -0.3 is 5.11 Å². The van der Waals surface area contributed by atoms with Crippen molar-refractivity contribution in [1.82, 2.24) is 0 Å². The molecule has 0 aliphatic rings. The van der Waals surface area contributed by atoms with Gasteiger partial charge in [0.15, 0.2) is 0 Å². The first-order valence-corrected chi connectivity index (χ1v) is 4.31. The molecule has 3 unspecified atom stereocenters. The standard InChI is InChI=1S/C9H20O/c1-5-7(3)8(4)9(10)6-2/h7-10H,5-6H2,1-4H3. The van der Waals surface area contributed by atoms with E-state index in [1.54, 1.807) is 0 Å². The maximum absolute atomic E-state index is 9.43. The Bertz CT molecular complexity index is 70.8. The average Bonchev–Trinajstić information content (AvgIpc) is 2.00. The van der Waals surface area contributed by atoms with Crippen molar-refractivity contribution in [2.75, 3.05) is 0 Å². The zero-order valence-corrected chi connectivity index (χ0v) is 7.59. The van der Waals surface area contributed by atoms with Crippen LogP contribution in [0.3, 0.4) is 0 Å². The van der Waals surface area contributed by atoms with E-state index in [2.05, 4.69) is 20.8 Å². The minimum atomic E-state index is -0.102. The van der Waals surface area contributed by atoms with Crippen LogP contribution < -0.4 is 0 Å². The molecule has 0 aliphatic carbocycles. The molecule has 0 amide bonds. The lowest BCUT2D eigenvalue weighted by atomic mass is 9.88. The van der Waals surface area contributed by atoms with Crippen molar-refractivity contribution < 1.29 is 5.11 Å². The van der Waals surface area contributed by atoms with E-state index in [0.717, 1.165) is 12.8 Å². The quantitative estimate of drug-likeness (QED) is 0.642. The van der Waals surface area contributed by atoms with Crippen LogP contribution in [0.4, 0.5) is 0 Å². The van der Waals surface area contributed by atoms with Crippen LogP contribution in [0.2, 0.25) is 0 Å². The molecule has 0 rings (SSSR count). The van der Waals surface area contributed by atoms with E-state index in [9.17, 15) is 5.11 Å². The molecule has 3 atom stereocenters. The second-order valence-corrected chi connectivity index (χ2v) is 3.22. The van der Waals surface area contributed by atoms with E-state index in [-0.39, 0.29) is 6.10 Å². The molecule has 0 aromatic heterocycles. The zero-order chi connectivity index (χ0) is 8.15. The van der Waals surface area contributed by atoms with E-state index in [1.807, 2.05) is 6.92 Å². The third-order valence-corrected chi connectivity index (χ3v) is 2.57. The monoisotopic (exact) mass is 144 g/mol. The second kappa shape index (κ2) is 4.73. The number of aliphatic hydroxyl groups excluding tert-OH is 1. The van der Waals surface area contributed by atoms with Crippen molar-refractivity contribution in [3.05, 3.63) is 0 Å². The molecule has 1 N–H and O–H groups in total. The number of hydrogen-bond acceptors (Lipinski definition) is 1. The van der Waals surface area contributed by atoms with Crippen LogP contribution in [0, 0.1) is 11.8 Å². The summed E-state index contributed by atoms with van der Waals surface area (Å²) >= 11 is 0. The SMILES string of the molecule is CCC(C)C(C)C(O)CC. The summed E-state index contributed by atoms with van der Waals surface area (Å²) < 4.78 is 0. The van der Waals surface area contributed by atoms with Crippen molar-refractivity contribution in [2.45, 2.75) is 46.6 Å². The topological polar surface area (TPSA) is 20.2 Å². The maximum Gasteiger partial charge on any atom is 0.0565 e. The lowest BCUT2D eigenvalue weighted by Gasteiger charge is -2.22. The molecule has 0 saturated carbocycles. The Morgan fingerprint density at radius 1 is 1.10 bits per heavy atom. The minimum absolute atomic E-state index is 0.102. The highest BCUT2D eigenvalue weighted by atomic mass is 16.3. The van der Waals surface area contributed by atoms with Crippen LogP contribution in [0.25, 0.3) is 0 Å². The Hall–Kier alpha value is -0.0400. The maximum atomic E-state index is 9.43. The van der Waals surface area contributed by atoms with Gasteiger partial charge in [-0.15, -0.1) is 0 Å². The predicted octanol–water partition coefficient (Wildman–Crippen LogP) is 2.44. The number of aliphatic hydroxyl groups is 1. The first-order chi connectivity index (χ1) is 4.63. The number of rotatable bonds is 4. The fourth-order valence-corrected chi connectivity index (χ4v) is 1.12. The van der Waals surface area contributed by atoms with Gasteiger partial charge in [-0.1, -0.05) is 34.1 Å². The molecule has 0 radical (unpaired) electrons. The summed E-state index contributed by atoms with van der Waals surface area (Å²) in [5.41, 5.74) is 0. The Morgan fingerprint density at radius 3 is 1.90 bits per heavy atom. The van der Waals surface area contributed by atoms with Crippen molar-refractivity contribution in [3.63, 3.8) is 0 Å². The van der Waals surface area contributed by atoms with Gasteiger partial charge in [-0.25, -0.2) is 0 Å². The average molecular weight is 144 g/mol. The van der Waals surface area contributed by atoms with Gasteiger partial charge in [0.1, 0.15) is 0 Å². The van der Waals surface area contributed by atoms with Crippen LogP contribution in [0.5, 0.6) is 0 Å². The van der Waals surface area contributed by atoms with Crippen molar-refractivity contribution in [2.24, 2.45) is 11.8 Å². The summed E-state index contributed by atoms with van der Waals surface area (Å²) in [5.74, 6) is 1.10. The second-order valence-electron chi connectivity index (χ2n) is 3.22. The van der Waals surface area contributed by atoms with E-state index in [1.165, 1.54) is 0 Å². The highest BCUT2D eigenvalue weighted by Crippen LogP contribution is 2.19. The summed E-state index contributed by atoms with van der Waals surface area (Å²) in [6, 6.07) is 0. The fraction of sp³-hybridized carbons (Fsp3) is 1.00. The lowest BCUT2D eigenvalue weighted by Crippen LogP contribution is -2.22. The third kappa shape index (κ3) is 2.70. The normalized spacial score (nSPS) is 20.1. The Labute approximate surface area is 64.5 Å². The Balaban J connectivity index is 3.69. The highest BCUT2D eigenvalue weighted by Gasteiger charge is 2.16. The van der Waals surface area contributed by atoms with Gasteiger partial charge in [-0.05, 0) is 18.3 Å². The summed E-state index contributed by atoms with van der Waals surface area (Å²) in [4.78, 5) is 0. The van der Waals surface area contributed by atoms with E-state index >= 15 is 0 Å². The molecule has 10 heavy (non-hydrogen) atoms. The molecule has 0 heterocycles. The largest absolute Gasteiger partial charge is 0.393 e. The van der Waals surface area contributed by atoms with Gasteiger partial charge in [-0.3, -0.25) is 0 Å². The summed E-state index contributed by atoms with van der Waals surface area (Å²) in [6.07, 6.45) is 1.94. The van der Waals surface area contributed by atoms with Gasteiger partial charge in [-0.2, -0.15) is 0 Å². The fourth-order valence-electron chi connectivity index (χ4n) is 1.12. The molecule has 0 saturated heterocycles. The van der Waals surface area contributed by atoms with E-state index in [0.29, 0.717) is 11.8 Å². The molecule has 62 valence electrons. The van der Waals surface area contributed by atoms with Crippen LogP contribution in [-0.4, -0.2) is 11.2 Å². The van der Waals surface area contributed by atoms with Crippen LogP contribution in [0.15, 0.2) is 0 Å². The van der Waals surface area contributed by atoms with Crippen molar-refractivity contribution >= 4 is 0 Å². The molecular weight excluding hydrogens is 124 g/mol. The molecule has 1 heteroatoms.